The van der Waals surface area contributed by atoms with E-state index in [2.05, 4.69) is 15.3 Å². The Morgan fingerprint density at radius 2 is 1.61 bits per heavy atom. The van der Waals surface area contributed by atoms with Gasteiger partial charge in [-0.15, -0.1) is 0 Å². The maximum atomic E-state index is 13.5. The monoisotopic (exact) mass is 506 g/mol. The van der Waals surface area contributed by atoms with Crippen molar-refractivity contribution in [3.63, 3.8) is 0 Å². The molecular formula is C26H23FN4O4S. The van der Waals surface area contributed by atoms with Gasteiger partial charge in [0.1, 0.15) is 23.1 Å². The molecule has 36 heavy (non-hydrogen) atoms. The Morgan fingerprint density at radius 1 is 0.917 bits per heavy atom. The lowest BCUT2D eigenvalue weighted by Gasteiger charge is -2.22. The molecule has 2 N–H and O–H groups in total. The zero-order valence-electron chi connectivity index (χ0n) is 19.1. The first-order valence-corrected chi connectivity index (χ1v) is 12.4. The van der Waals surface area contributed by atoms with Crippen LogP contribution in [0.1, 0.15) is 11.3 Å². The number of carboxylic acids is 1. The minimum atomic E-state index is -3.93. The van der Waals surface area contributed by atoms with E-state index in [9.17, 15) is 17.6 Å². The van der Waals surface area contributed by atoms with Gasteiger partial charge in [0.15, 0.2) is 0 Å². The summed E-state index contributed by atoms with van der Waals surface area (Å²) >= 11 is 0. The molecular weight excluding hydrogens is 483 g/mol. The lowest BCUT2D eigenvalue weighted by atomic mass is 10.0. The van der Waals surface area contributed by atoms with Crippen molar-refractivity contribution in [3.8, 4) is 11.1 Å². The number of aliphatic carboxylic acids is 1. The number of carbonyl (C=O) groups is 1. The molecule has 8 nitrogen and oxygen atoms in total. The van der Waals surface area contributed by atoms with Gasteiger partial charge in [0, 0.05) is 18.9 Å². The van der Waals surface area contributed by atoms with E-state index in [-0.39, 0.29) is 30.3 Å². The molecule has 0 saturated heterocycles. The fourth-order valence-electron chi connectivity index (χ4n) is 3.54. The first-order valence-electron chi connectivity index (χ1n) is 11.0. The Bertz CT molecular complexity index is 1430. The molecule has 0 aliphatic carbocycles. The highest BCUT2D eigenvalue weighted by Gasteiger charge is 2.26. The highest BCUT2D eigenvalue weighted by atomic mass is 32.2. The van der Waals surface area contributed by atoms with Crippen LogP contribution >= 0.6 is 0 Å². The highest BCUT2D eigenvalue weighted by Crippen LogP contribution is 2.24. The van der Waals surface area contributed by atoms with E-state index in [1.165, 1.54) is 34.9 Å². The van der Waals surface area contributed by atoms with Gasteiger partial charge in [0.05, 0.1) is 12.2 Å². The van der Waals surface area contributed by atoms with Crippen molar-refractivity contribution in [2.45, 2.75) is 18.0 Å². The van der Waals surface area contributed by atoms with Crippen molar-refractivity contribution in [2.75, 3.05) is 11.9 Å². The van der Waals surface area contributed by atoms with Gasteiger partial charge in [0.25, 0.3) is 0 Å². The summed E-state index contributed by atoms with van der Waals surface area (Å²) in [5, 5.41) is 11.6. The summed E-state index contributed by atoms with van der Waals surface area (Å²) < 4.78 is 41.5. The van der Waals surface area contributed by atoms with Gasteiger partial charge < -0.3 is 10.4 Å². The molecule has 2 aromatic carbocycles. The van der Waals surface area contributed by atoms with Gasteiger partial charge >= 0.3 is 5.97 Å². The van der Waals surface area contributed by atoms with E-state index in [1.807, 2.05) is 24.3 Å². The number of sulfonamides is 1. The van der Waals surface area contributed by atoms with Crippen LogP contribution in [0.25, 0.3) is 11.1 Å². The van der Waals surface area contributed by atoms with Crippen LogP contribution in [-0.4, -0.2) is 40.3 Å². The molecule has 0 atom stereocenters. The van der Waals surface area contributed by atoms with E-state index in [4.69, 9.17) is 5.11 Å². The fraction of sp³-hybridized carbons (Fsp3) is 0.115. The number of aromatic nitrogens is 2. The minimum absolute atomic E-state index is 0.0421. The van der Waals surface area contributed by atoms with E-state index in [1.54, 1.807) is 36.4 Å². The summed E-state index contributed by atoms with van der Waals surface area (Å²) in [5.74, 6) is -1.02. The second-order valence-corrected chi connectivity index (χ2v) is 9.87. The second kappa shape index (κ2) is 11.1. The van der Waals surface area contributed by atoms with Gasteiger partial charge in [-0.1, -0.05) is 42.5 Å². The third-order valence-electron chi connectivity index (χ3n) is 5.33. The van der Waals surface area contributed by atoms with Crippen LogP contribution in [0.4, 0.5) is 10.2 Å². The van der Waals surface area contributed by atoms with Crippen molar-refractivity contribution in [2.24, 2.45) is 0 Å². The molecule has 0 saturated carbocycles. The van der Waals surface area contributed by atoms with Crippen molar-refractivity contribution in [3.05, 3.63) is 108 Å². The van der Waals surface area contributed by atoms with Gasteiger partial charge in [0.2, 0.25) is 10.0 Å². The van der Waals surface area contributed by atoms with Gasteiger partial charge in [-0.2, -0.15) is 4.31 Å². The summed E-state index contributed by atoms with van der Waals surface area (Å²) in [6.07, 6.45) is 2.79. The van der Waals surface area contributed by atoms with Crippen molar-refractivity contribution in [1.82, 2.24) is 14.3 Å². The largest absolute Gasteiger partial charge is 0.480 e. The number of anilines is 1. The zero-order chi connectivity index (χ0) is 25.5. The summed E-state index contributed by atoms with van der Waals surface area (Å²) in [6.45, 7) is -0.288. The molecule has 4 rings (SSSR count). The smallest absolute Gasteiger partial charge is 0.322 e. The van der Waals surface area contributed by atoms with E-state index >= 15 is 0 Å². The molecule has 184 valence electrons. The predicted molar refractivity (Wildman–Crippen MR) is 133 cm³/mol. The number of carboxylic acid groups (broad SMARTS) is 1. The number of nitrogens with zero attached hydrogens (tertiary/aromatic N) is 3. The molecule has 0 amide bonds. The van der Waals surface area contributed by atoms with Crippen molar-refractivity contribution in [1.29, 1.82) is 0 Å². The molecule has 2 heterocycles. The third-order valence-corrected chi connectivity index (χ3v) is 7.10. The lowest BCUT2D eigenvalue weighted by molar-refractivity contribution is -0.134. The lowest BCUT2D eigenvalue weighted by Crippen LogP contribution is -2.30. The maximum absolute atomic E-state index is 13.5. The zero-order valence-corrected chi connectivity index (χ0v) is 19.9. The van der Waals surface area contributed by atoms with Gasteiger partial charge in [-0.3, -0.25) is 9.78 Å². The topological polar surface area (TPSA) is 112 Å². The second-order valence-electron chi connectivity index (χ2n) is 7.93. The highest BCUT2D eigenvalue weighted by molar-refractivity contribution is 7.89. The number of pyridine rings is 2. The normalized spacial score (nSPS) is 11.4. The van der Waals surface area contributed by atoms with E-state index in [0.717, 1.165) is 16.7 Å². The third kappa shape index (κ3) is 6.29. The average Bonchev–Trinajstić information content (AvgIpc) is 2.89. The molecule has 0 aliphatic heterocycles. The van der Waals surface area contributed by atoms with Gasteiger partial charge in [-0.25, -0.2) is 17.8 Å². The molecule has 4 aromatic rings. The Morgan fingerprint density at radius 3 is 2.25 bits per heavy atom. The quantitative estimate of drug-likeness (QED) is 0.332. The maximum Gasteiger partial charge on any atom is 0.322 e. The molecule has 2 aromatic heterocycles. The van der Waals surface area contributed by atoms with Gasteiger partial charge in [-0.05, 0) is 53.1 Å². The van der Waals surface area contributed by atoms with Crippen LogP contribution in [0.5, 0.6) is 0 Å². The summed E-state index contributed by atoms with van der Waals surface area (Å²) in [5.41, 5.74) is 2.91. The molecule has 0 unspecified atom stereocenters. The Hall–Kier alpha value is -4.15. The SMILES string of the molecule is O=C(O)CNc1cccc(CN(Cc2ccc(-c3ccc(F)cc3)cc2)S(=O)(=O)c2cccnc2)n1. The van der Waals surface area contributed by atoms with Crippen molar-refractivity contribution < 1.29 is 22.7 Å². The van der Waals surface area contributed by atoms with E-state index in [0.29, 0.717) is 11.5 Å². The number of rotatable bonds is 10. The number of benzene rings is 2. The van der Waals surface area contributed by atoms with Crippen molar-refractivity contribution >= 4 is 21.8 Å². The molecule has 0 fully saturated rings. The fourth-order valence-corrected chi connectivity index (χ4v) is 4.90. The number of nitrogens with one attached hydrogen (secondary N) is 1. The standard InChI is InChI=1S/C26H23FN4O4S/c27-22-12-10-21(11-13-22)20-8-6-19(7-9-20)17-31(36(34,35)24-4-2-14-28-15-24)18-23-3-1-5-25(30-23)29-16-26(32)33/h1-15H,16-18H2,(H,29,30)(H,32,33). The number of hydrogen-bond acceptors (Lipinski definition) is 6. The van der Waals surface area contributed by atoms with E-state index < -0.39 is 16.0 Å². The van der Waals surface area contributed by atoms with Crippen LogP contribution in [-0.2, 0) is 27.9 Å². The Balaban J connectivity index is 1.61. The molecule has 0 spiro atoms. The molecule has 0 radical (unpaired) electrons. The predicted octanol–water partition coefficient (Wildman–Crippen LogP) is 4.17. The van der Waals surface area contributed by atoms with Crippen LogP contribution < -0.4 is 5.32 Å². The van der Waals surface area contributed by atoms with Crippen LogP contribution in [0, 0.1) is 5.82 Å². The summed E-state index contributed by atoms with van der Waals surface area (Å²) in [7, 11) is -3.93. The van der Waals surface area contributed by atoms with Crippen LogP contribution in [0.2, 0.25) is 0 Å². The number of halogens is 1. The first-order chi connectivity index (χ1) is 17.3. The Kier molecular flexibility index (Phi) is 7.67. The molecule has 0 bridgehead atoms. The van der Waals surface area contributed by atoms with Crippen LogP contribution in [0.15, 0.2) is 96.2 Å². The molecule has 0 aliphatic rings. The summed E-state index contributed by atoms with van der Waals surface area (Å²) in [6, 6.07) is 21.5. The number of hydrogen-bond donors (Lipinski definition) is 2. The average molecular weight is 507 g/mol. The first kappa shape index (κ1) is 25.0. The molecule has 10 heteroatoms. The Labute approximate surface area is 208 Å². The summed E-state index contributed by atoms with van der Waals surface area (Å²) in [4.78, 5) is 19.2. The van der Waals surface area contributed by atoms with Crippen LogP contribution in [0.3, 0.4) is 0 Å². The minimum Gasteiger partial charge on any atom is -0.480 e.